The molecule has 0 atom stereocenters. The molecular formula is C8H8N4. The van der Waals surface area contributed by atoms with Crippen molar-refractivity contribution in [3.8, 4) is 0 Å². The van der Waals surface area contributed by atoms with E-state index in [1.165, 1.54) is 0 Å². The highest BCUT2D eigenvalue weighted by molar-refractivity contribution is 5.77. The number of aromatic nitrogens is 3. The van der Waals surface area contributed by atoms with Gasteiger partial charge in [-0.25, -0.2) is 9.97 Å². The maximum atomic E-state index is 5.46. The minimum absolute atomic E-state index is 0.277. The molecule has 0 saturated heterocycles. The summed E-state index contributed by atoms with van der Waals surface area (Å²) < 4.78 is 0. The van der Waals surface area contributed by atoms with Crippen LogP contribution in [0.2, 0.25) is 0 Å². The van der Waals surface area contributed by atoms with Gasteiger partial charge >= 0.3 is 0 Å². The lowest BCUT2D eigenvalue weighted by molar-refractivity contribution is 1.14. The molecule has 0 aliphatic heterocycles. The van der Waals surface area contributed by atoms with Crippen LogP contribution in [0.25, 0.3) is 11.0 Å². The van der Waals surface area contributed by atoms with Crippen molar-refractivity contribution in [2.75, 3.05) is 5.73 Å². The Labute approximate surface area is 69.5 Å². The summed E-state index contributed by atoms with van der Waals surface area (Å²) in [5.74, 6) is 0.277. The van der Waals surface area contributed by atoms with E-state index in [0.29, 0.717) is 5.65 Å². The van der Waals surface area contributed by atoms with Gasteiger partial charge in [-0.15, -0.1) is 0 Å². The number of hydrogen-bond donors (Lipinski definition) is 1. The van der Waals surface area contributed by atoms with Crippen LogP contribution in [0.5, 0.6) is 0 Å². The second-order valence-electron chi connectivity index (χ2n) is 2.54. The molecule has 0 amide bonds. The van der Waals surface area contributed by atoms with Gasteiger partial charge in [-0.3, -0.25) is 0 Å². The zero-order chi connectivity index (χ0) is 8.55. The number of nitrogen functional groups attached to an aromatic ring is 1. The molecule has 0 aliphatic rings. The summed E-state index contributed by atoms with van der Waals surface area (Å²) in [6.07, 6.45) is 1.69. The van der Waals surface area contributed by atoms with E-state index in [-0.39, 0.29) is 5.95 Å². The summed E-state index contributed by atoms with van der Waals surface area (Å²) in [6.45, 7) is 1.89. The number of rotatable bonds is 0. The summed E-state index contributed by atoms with van der Waals surface area (Å²) in [5, 5.41) is 0.951. The van der Waals surface area contributed by atoms with E-state index < -0.39 is 0 Å². The first-order valence-electron chi connectivity index (χ1n) is 3.62. The van der Waals surface area contributed by atoms with Gasteiger partial charge < -0.3 is 5.73 Å². The summed E-state index contributed by atoms with van der Waals surface area (Å²) in [5.41, 5.74) is 6.98. The summed E-state index contributed by atoms with van der Waals surface area (Å²) in [7, 11) is 0. The standard InChI is InChI=1S/C8H8N4/c1-5-6-3-2-4-10-7(6)12-8(9)11-5/h2-4H,1H3,(H2,9,10,11,12). The van der Waals surface area contributed by atoms with Gasteiger partial charge in [0.25, 0.3) is 0 Å². The molecule has 4 nitrogen and oxygen atoms in total. The molecule has 0 unspecified atom stereocenters. The Morgan fingerprint density at radius 3 is 3.00 bits per heavy atom. The van der Waals surface area contributed by atoms with Crippen LogP contribution >= 0.6 is 0 Å². The SMILES string of the molecule is Cc1nc(N)nc2ncccc12. The fourth-order valence-electron chi connectivity index (χ4n) is 1.13. The first kappa shape index (κ1) is 6.97. The van der Waals surface area contributed by atoms with Crippen LogP contribution in [0.3, 0.4) is 0 Å². The minimum atomic E-state index is 0.277. The number of hydrogen-bond acceptors (Lipinski definition) is 4. The number of aryl methyl sites for hydroxylation is 1. The Bertz CT molecular complexity index is 424. The quantitative estimate of drug-likeness (QED) is 0.622. The van der Waals surface area contributed by atoms with Crippen molar-refractivity contribution in [2.45, 2.75) is 6.92 Å². The van der Waals surface area contributed by atoms with E-state index >= 15 is 0 Å². The lowest BCUT2D eigenvalue weighted by atomic mass is 10.2. The Morgan fingerprint density at radius 1 is 1.33 bits per heavy atom. The Hall–Kier alpha value is -1.71. The Balaban J connectivity index is 2.89. The molecule has 2 aromatic rings. The lowest BCUT2D eigenvalue weighted by Gasteiger charge is -1.99. The number of fused-ring (bicyclic) bond motifs is 1. The normalized spacial score (nSPS) is 10.4. The number of nitrogens with zero attached hydrogens (tertiary/aromatic N) is 3. The Kier molecular flexibility index (Phi) is 1.40. The van der Waals surface area contributed by atoms with Gasteiger partial charge in [0.2, 0.25) is 5.95 Å². The van der Waals surface area contributed by atoms with Crippen molar-refractivity contribution in [3.63, 3.8) is 0 Å². The molecule has 0 aliphatic carbocycles. The molecule has 2 aromatic heterocycles. The summed E-state index contributed by atoms with van der Waals surface area (Å²) in [4.78, 5) is 12.1. The predicted octanol–water partition coefficient (Wildman–Crippen LogP) is 0.915. The second-order valence-corrected chi connectivity index (χ2v) is 2.54. The zero-order valence-corrected chi connectivity index (χ0v) is 6.65. The van der Waals surface area contributed by atoms with E-state index in [9.17, 15) is 0 Å². The number of nitrogens with two attached hydrogens (primary N) is 1. The monoisotopic (exact) mass is 160 g/mol. The van der Waals surface area contributed by atoms with E-state index in [2.05, 4.69) is 15.0 Å². The predicted molar refractivity (Wildman–Crippen MR) is 46.5 cm³/mol. The highest BCUT2D eigenvalue weighted by Gasteiger charge is 2.00. The molecule has 0 fully saturated rings. The molecule has 0 bridgehead atoms. The first-order chi connectivity index (χ1) is 5.77. The van der Waals surface area contributed by atoms with E-state index in [1.54, 1.807) is 6.20 Å². The highest BCUT2D eigenvalue weighted by Crippen LogP contribution is 2.12. The maximum absolute atomic E-state index is 5.46. The summed E-state index contributed by atoms with van der Waals surface area (Å²) in [6, 6.07) is 3.78. The molecule has 60 valence electrons. The summed E-state index contributed by atoms with van der Waals surface area (Å²) >= 11 is 0. The second kappa shape index (κ2) is 2.41. The van der Waals surface area contributed by atoms with Gasteiger partial charge in [-0.1, -0.05) is 0 Å². The van der Waals surface area contributed by atoms with Gasteiger partial charge in [0.05, 0.1) is 5.69 Å². The van der Waals surface area contributed by atoms with Crippen molar-refractivity contribution >= 4 is 17.0 Å². The maximum Gasteiger partial charge on any atom is 0.222 e. The van der Waals surface area contributed by atoms with Gasteiger partial charge in [0.15, 0.2) is 5.65 Å². The molecule has 12 heavy (non-hydrogen) atoms. The molecule has 0 saturated carbocycles. The average Bonchev–Trinajstić information content (AvgIpc) is 2.04. The van der Waals surface area contributed by atoms with Crippen molar-refractivity contribution in [2.24, 2.45) is 0 Å². The van der Waals surface area contributed by atoms with Crippen LogP contribution in [0, 0.1) is 6.92 Å². The zero-order valence-electron chi connectivity index (χ0n) is 6.65. The van der Waals surface area contributed by atoms with Gasteiger partial charge in [-0.05, 0) is 19.1 Å². The largest absolute Gasteiger partial charge is 0.368 e. The fraction of sp³-hybridized carbons (Fsp3) is 0.125. The third kappa shape index (κ3) is 0.972. The molecule has 4 heteroatoms. The Morgan fingerprint density at radius 2 is 2.17 bits per heavy atom. The first-order valence-corrected chi connectivity index (χ1v) is 3.62. The molecular weight excluding hydrogens is 152 g/mol. The van der Waals surface area contributed by atoms with Crippen LogP contribution in [-0.2, 0) is 0 Å². The van der Waals surface area contributed by atoms with Crippen LogP contribution in [0.15, 0.2) is 18.3 Å². The molecule has 2 N–H and O–H groups in total. The minimum Gasteiger partial charge on any atom is -0.368 e. The van der Waals surface area contributed by atoms with Gasteiger partial charge in [0, 0.05) is 11.6 Å². The van der Waals surface area contributed by atoms with Crippen LogP contribution in [-0.4, -0.2) is 15.0 Å². The third-order valence-electron chi connectivity index (χ3n) is 1.68. The lowest BCUT2D eigenvalue weighted by Crippen LogP contribution is -1.98. The van der Waals surface area contributed by atoms with Crippen LogP contribution in [0.1, 0.15) is 5.69 Å². The fourth-order valence-corrected chi connectivity index (χ4v) is 1.13. The van der Waals surface area contributed by atoms with E-state index in [1.807, 2.05) is 19.1 Å². The number of anilines is 1. The highest BCUT2D eigenvalue weighted by atomic mass is 15.0. The topological polar surface area (TPSA) is 64.7 Å². The van der Waals surface area contributed by atoms with Crippen molar-refractivity contribution in [1.29, 1.82) is 0 Å². The van der Waals surface area contributed by atoms with Crippen LogP contribution < -0.4 is 5.73 Å². The number of pyridine rings is 1. The molecule has 2 heterocycles. The average molecular weight is 160 g/mol. The van der Waals surface area contributed by atoms with E-state index in [0.717, 1.165) is 11.1 Å². The molecule has 0 radical (unpaired) electrons. The molecule has 0 aromatic carbocycles. The van der Waals surface area contributed by atoms with E-state index in [4.69, 9.17) is 5.73 Å². The smallest absolute Gasteiger partial charge is 0.222 e. The van der Waals surface area contributed by atoms with Crippen molar-refractivity contribution < 1.29 is 0 Å². The van der Waals surface area contributed by atoms with Crippen molar-refractivity contribution in [3.05, 3.63) is 24.0 Å². The van der Waals surface area contributed by atoms with Crippen molar-refractivity contribution in [1.82, 2.24) is 15.0 Å². The molecule has 2 rings (SSSR count). The molecule has 0 spiro atoms. The van der Waals surface area contributed by atoms with Gasteiger partial charge in [0.1, 0.15) is 0 Å². The van der Waals surface area contributed by atoms with Gasteiger partial charge in [-0.2, -0.15) is 4.98 Å². The van der Waals surface area contributed by atoms with Crippen LogP contribution in [0.4, 0.5) is 5.95 Å². The third-order valence-corrected chi connectivity index (χ3v) is 1.68.